The molecule has 8 heteroatoms. The summed E-state index contributed by atoms with van der Waals surface area (Å²) in [5.41, 5.74) is 1.92. The molecule has 27 heavy (non-hydrogen) atoms. The Balaban J connectivity index is 1.36. The van der Waals surface area contributed by atoms with Crippen LogP contribution in [-0.4, -0.2) is 64.4 Å². The van der Waals surface area contributed by atoms with Crippen molar-refractivity contribution in [2.24, 2.45) is 0 Å². The predicted octanol–water partition coefficient (Wildman–Crippen LogP) is 1.81. The number of aryl methyl sites for hydroxylation is 1. The number of hydrogen-bond donors (Lipinski definition) is 1. The Morgan fingerprint density at radius 1 is 1.04 bits per heavy atom. The lowest BCUT2D eigenvalue weighted by atomic mass is 10.2. The van der Waals surface area contributed by atoms with Crippen LogP contribution in [0.25, 0.3) is 0 Å². The third-order valence-corrected chi connectivity index (χ3v) is 5.18. The Bertz CT molecular complexity index is 761. The maximum atomic E-state index is 12.3. The van der Waals surface area contributed by atoms with E-state index < -0.39 is 0 Å². The lowest BCUT2D eigenvalue weighted by Gasteiger charge is -2.34. The molecular weight excluding hydrogens is 362 g/mol. The van der Waals surface area contributed by atoms with E-state index in [0.29, 0.717) is 37.9 Å². The Morgan fingerprint density at radius 2 is 1.70 bits per heavy atom. The van der Waals surface area contributed by atoms with Crippen LogP contribution in [0.3, 0.4) is 0 Å². The number of anilines is 2. The summed E-state index contributed by atoms with van der Waals surface area (Å²) in [5.74, 6) is 1.24. The maximum absolute atomic E-state index is 12.3. The third-order valence-electron chi connectivity index (χ3n) is 4.26. The van der Waals surface area contributed by atoms with Gasteiger partial charge in [0.1, 0.15) is 0 Å². The zero-order chi connectivity index (χ0) is 19.1. The number of amides is 2. The van der Waals surface area contributed by atoms with Crippen LogP contribution in [0, 0.1) is 6.92 Å². The monoisotopic (exact) mass is 385 g/mol. The number of hydrogen-bond acceptors (Lipinski definition) is 6. The van der Waals surface area contributed by atoms with E-state index in [-0.39, 0.29) is 17.6 Å². The minimum absolute atomic E-state index is 0.0664. The van der Waals surface area contributed by atoms with Gasteiger partial charge in [0, 0.05) is 44.3 Å². The number of carbonyl (C=O) groups is 2. The number of benzene rings is 1. The van der Waals surface area contributed by atoms with Gasteiger partial charge < -0.3 is 15.1 Å². The van der Waals surface area contributed by atoms with Gasteiger partial charge in [-0.2, -0.15) is 0 Å². The van der Waals surface area contributed by atoms with E-state index in [0.717, 1.165) is 11.3 Å². The molecule has 2 heterocycles. The van der Waals surface area contributed by atoms with Gasteiger partial charge >= 0.3 is 0 Å². The summed E-state index contributed by atoms with van der Waals surface area (Å²) in [6.07, 6.45) is 3.44. The molecule has 1 fully saturated rings. The Kier molecular flexibility index (Phi) is 6.64. The van der Waals surface area contributed by atoms with Crippen LogP contribution < -0.4 is 10.2 Å². The largest absolute Gasteiger partial charge is 0.338 e. The van der Waals surface area contributed by atoms with Crippen molar-refractivity contribution in [1.82, 2.24) is 14.9 Å². The average Bonchev–Trinajstić information content (AvgIpc) is 2.70. The van der Waals surface area contributed by atoms with E-state index in [1.54, 1.807) is 18.5 Å². The number of thioether (sulfide) groups is 1. The van der Waals surface area contributed by atoms with Gasteiger partial charge in [0.05, 0.1) is 11.5 Å². The molecule has 1 aromatic carbocycles. The zero-order valence-electron chi connectivity index (χ0n) is 15.3. The van der Waals surface area contributed by atoms with Gasteiger partial charge in [0.25, 0.3) is 0 Å². The van der Waals surface area contributed by atoms with E-state index in [4.69, 9.17) is 0 Å². The normalized spacial score (nSPS) is 14.1. The fourth-order valence-corrected chi connectivity index (χ4v) is 3.48. The van der Waals surface area contributed by atoms with Crippen LogP contribution in [0.4, 0.5) is 11.6 Å². The molecule has 7 nitrogen and oxygen atoms in total. The maximum Gasteiger partial charge on any atom is 0.234 e. The Labute approximate surface area is 163 Å². The second kappa shape index (κ2) is 9.36. The lowest BCUT2D eigenvalue weighted by Crippen LogP contribution is -2.49. The summed E-state index contributed by atoms with van der Waals surface area (Å²) in [5, 5.41) is 2.84. The standard InChI is InChI=1S/C19H23N5O2S/c1-15-3-5-16(6-4-15)22-17(25)13-27-14-18(26)23-9-11-24(12-10-23)19-20-7-2-8-21-19/h2-8H,9-14H2,1H3,(H,22,25). The fraction of sp³-hybridized carbons (Fsp3) is 0.368. The van der Waals surface area contributed by atoms with Crippen molar-refractivity contribution in [2.75, 3.05) is 47.9 Å². The molecule has 0 spiro atoms. The molecule has 2 amide bonds. The molecule has 0 saturated carbocycles. The third kappa shape index (κ3) is 5.68. The smallest absolute Gasteiger partial charge is 0.234 e. The molecule has 1 aliphatic rings. The van der Waals surface area contributed by atoms with Gasteiger partial charge in [-0.15, -0.1) is 11.8 Å². The van der Waals surface area contributed by atoms with Crippen molar-refractivity contribution in [1.29, 1.82) is 0 Å². The van der Waals surface area contributed by atoms with E-state index in [1.165, 1.54) is 11.8 Å². The van der Waals surface area contributed by atoms with Crippen LogP contribution in [0.15, 0.2) is 42.7 Å². The first-order valence-corrected chi connectivity index (χ1v) is 10.0. The summed E-state index contributed by atoms with van der Waals surface area (Å²) in [6.45, 7) is 4.73. The molecule has 1 aromatic heterocycles. The summed E-state index contributed by atoms with van der Waals surface area (Å²) in [4.78, 5) is 36.7. The highest BCUT2D eigenvalue weighted by molar-refractivity contribution is 8.00. The number of aromatic nitrogens is 2. The molecule has 0 atom stereocenters. The van der Waals surface area contributed by atoms with Gasteiger partial charge in [-0.3, -0.25) is 9.59 Å². The van der Waals surface area contributed by atoms with Crippen LogP contribution in [0.1, 0.15) is 5.56 Å². The van der Waals surface area contributed by atoms with Gasteiger partial charge in [0.15, 0.2) is 0 Å². The molecule has 1 saturated heterocycles. The summed E-state index contributed by atoms with van der Waals surface area (Å²) < 4.78 is 0. The van der Waals surface area contributed by atoms with Crippen LogP contribution in [0.2, 0.25) is 0 Å². The summed E-state index contributed by atoms with van der Waals surface area (Å²) >= 11 is 1.34. The molecule has 142 valence electrons. The number of nitrogens with zero attached hydrogens (tertiary/aromatic N) is 4. The molecule has 3 rings (SSSR count). The minimum Gasteiger partial charge on any atom is -0.338 e. The molecule has 1 aliphatic heterocycles. The summed E-state index contributed by atoms with van der Waals surface area (Å²) in [6, 6.07) is 9.44. The van der Waals surface area contributed by atoms with Crippen molar-refractivity contribution in [3.63, 3.8) is 0 Å². The van der Waals surface area contributed by atoms with Crippen molar-refractivity contribution in [2.45, 2.75) is 6.92 Å². The van der Waals surface area contributed by atoms with Crippen molar-refractivity contribution >= 4 is 35.2 Å². The highest BCUT2D eigenvalue weighted by Crippen LogP contribution is 2.12. The van der Waals surface area contributed by atoms with E-state index in [2.05, 4.69) is 20.2 Å². The molecule has 2 aromatic rings. The van der Waals surface area contributed by atoms with E-state index >= 15 is 0 Å². The van der Waals surface area contributed by atoms with Gasteiger partial charge in [-0.05, 0) is 25.1 Å². The summed E-state index contributed by atoms with van der Waals surface area (Å²) in [7, 11) is 0. The number of carbonyl (C=O) groups excluding carboxylic acids is 2. The van der Waals surface area contributed by atoms with E-state index in [9.17, 15) is 9.59 Å². The second-order valence-corrected chi connectivity index (χ2v) is 7.31. The second-order valence-electron chi connectivity index (χ2n) is 6.32. The quantitative estimate of drug-likeness (QED) is 0.817. The number of nitrogens with one attached hydrogen (secondary N) is 1. The average molecular weight is 385 g/mol. The van der Waals surface area contributed by atoms with Gasteiger partial charge in [0.2, 0.25) is 17.8 Å². The predicted molar refractivity (Wildman–Crippen MR) is 108 cm³/mol. The van der Waals surface area contributed by atoms with Crippen LogP contribution in [-0.2, 0) is 9.59 Å². The molecule has 0 radical (unpaired) electrons. The van der Waals surface area contributed by atoms with Crippen molar-refractivity contribution < 1.29 is 9.59 Å². The van der Waals surface area contributed by atoms with Gasteiger partial charge in [-0.1, -0.05) is 17.7 Å². The highest BCUT2D eigenvalue weighted by Gasteiger charge is 2.22. The fourth-order valence-electron chi connectivity index (χ4n) is 2.77. The SMILES string of the molecule is Cc1ccc(NC(=O)CSCC(=O)N2CCN(c3ncccn3)CC2)cc1. The minimum atomic E-state index is -0.0947. The first-order valence-electron chi connectivity index (χ1n) is 8.86. The van der Waals surface area contributed by atoms with Gasteiger partial charge in [-0.25, -0.2) is 9.97 Å². The molecule has 0 unspecified atom stereocenters. The molecular formula is C19H23N5O2S. The first-order chi connectivity index (χ1) is 13.1. The molecule has 0 bridgehead atoms. The van der Waals surface area contributed by atoms with Crippen molar-refractivity contribution in [3.8, 4) is 0 Å². The topological polar surface area (TPSA) is 78.4 Å². The zero-order valence-corrected chi connectivity index (χ0v) is 16.1. The Morgan fingerprint density at radius 3 is 2.37 bits per heavy atom. The van der Waals surface area contributed by atoms with Crippen molar-refractivity contribution in [3.05, 3.63) is 48.3 Å². The highest BCUT2D eigenvalue weighted by atomic mass is 32.2. The first kappa shape index (κ1) is 19.2. The Hall–Kier alpha value is -2.61. The molecule has 1 N–H and O–H groups in total. The van der Waals surface area contributed by atoms with Crippen LogP contribution in [0.5, 0.6) is 0 Å². The number of piperazine rings is 1. The molecule has 0 aliphatic carbocycles. The van der Waals surface area contributed by atoms with E-state index in [1.807, 2.05) is 36.1 Å². The lowest BCUT2D eigenvalue weighted by molar-refractivity contribution is -0.128. The number of rotatable bonds is 6. The van der Waals surface area contributed by atoms with Crippen LogP contribution >= 0.6 is 11.8 Å².